The summed E-state index contributed by atoms with van der Waals surface area (Å²) in [5.74, 6) is 0. The first-order valence-corrected chi connectivity index (χ1v) is 6.89. The Morgan fingerprint density at radius 3 is 2.50 bits per heavy atom. The molecular formula is C13H19BrN2O2. The Morgan fingerprint density at radius 2 is 2.00 bits per heavy atom. The summed E-state index contributed by atoms with van der Waals surface area (Å²) in [6, 6.07) is 5.12. The smallest absolute Gasteiger partial charge is 0.283 e. The first-order valence-electron chi connectivity index (χ1n) is 6.10. The van der Waals surface area contributed by atoms with E-state index in [1.807, 2.05) is 6.07 Å². The van der Waals surface area contributed by atoms with Gasteiger partial charge in [0.15, 0.2) is 0 Å². The van der Waals surface area contributed by atoms with Crippen molar-refractivity contribution in [3.63, 3.8) is 0 Å². The van der Waals surface area contributed by atoms with Gasteiger partial charge in [0, 0.05) is 18.2 Å². The minimum Gasteiger partial charge on any atom is -0.307 e. The van der Waals surface area contributed by atoms with Crippen molar-refractivity contribution in [3.8, 4) is 0 Å². The Hall–Kier alpha value is -0.940. The molecule has 0 aliphatic heterocycles. The summed E-state index contributed by atoms with van der Waals surface area (Å²) in [5.41, 5.74) is 1.10. The highest BCUT2D eigenvalue weighted by molar-refractivity contribution is 9.10. The minimum atomic E-state index is -0.369. The molecule has 0 heterocycles. The van der Waals surface area contributed by atoms with Crippen molar-refractivity contribution in [2.75, 3.05) is 0 Å². The van der Waals surface area contributed by atoms with Crippen LogP contribution < -0.4 is 5.32 Å². The lowest BCUT2D eigenvalue weighted by Crippen LogP contribution is -2.40. The van der Waals surface area contributed by atoms with Crippen LogP contribution in [0.1, 0.15) is 39.2 Å². The number of nitrogens with one attached hydrogen (secondary N) is 1. The molecule has 1 aromatic rings. The maximum absolute atomic E-state index is 10.8. The highest BCUT2D eigenvalue weighted by Gasteiger charge is 2.20. The average molecular weight is 315 g/mol. The van der Waals surface area contributed by atoms with Crippen LogP contribution in [0.4, 0.5) is 5.69 Å². The van der Waals surface area contributed by atoms with E-state index < -0.39 is 0 Å². The zero-order valence-electron chi connectivity index (χ0n) is 11.0. The van der Waals surface area contributed by atoms with Gasteiger partial charge < -0.3 is 5.32 Å². The van der Waals surface area contributed by atoms with Gasteiger partial charge in [-0.3, -0.25) is 10.1 Å². The predicted octanol–water partition coefficient (Wildman–Crippen LogP) is 4.03. The monoisotopic (exact) mass is 314 g/mol. The number of rotatable bonds is 6. The number of nitrogens with zero attached hydrogens (tertiary/aromatic N) is 1. The Bertz CT molecular complexity index is 431. The molecule has 0 amide bonds. The van der Waals surface area contributed by atoms with Crippen molar-refractivity contribution in [3.05, 3.63) is 38.3 Å². The van der Waals surface area contributed by atoms with E-state index in [1.54, 1.807) is 6.07 Å². The van der Waals surface area contributed by atoms with Crippen LogP contribution in [0, 0.1) is 10.1 Å². The van der Waals surface area contributed by atoms with Crippen molar-refractivity contribution >= 4 is 21.6 Å². The van der Waals surface area contributed by atoms with Crippen LogP contribution in [0.25, 0.3) is 0 Å². The molecule has 0 aliphatic carbocycles. The van der Waals surface area contributed by atoms with Crippen molar-refractivity contribution in [2.45, 2.75) is 45.7 Å². The summed E-state index contributed by atoms with van der Waals surface area (Å²) in [5, 5.41) is 14.3. The van der Waals surface area contributed by atoms with Crippen molar-refractivity contribution in [2.24, 2.45) is 0 Å². The van der Waals surface area contributed by atoms with Crippen molar-refractivity contribution in [1.82, 2.24) is 5.32 Å². The summed E-state index contributed by atoms with van der Waals surface area (Å²) in [6.45, 7) is 7.07. The van der Waals surface area contributed by atoms with Gasteiger partial charge in [-0.15, -0.1) is 0 Å². The molecule has 0 aliphatic rings. The normalized spacial score (nSPS) is 11.6. The molecule has 0 spiro atoms. The number of benzene rings is 1. The van der Waals surface area contributed by atoms with Gasteiger partial charge in [0.1, 0.15) is 0 Å². The summed E-state index contributed by atoms with van der Waals surface area (Å²) in [6.07, 6.45) is 2.05. The fourth-order valence-corrected chi connectivity index (χ4v) is 2.20. The van der Waals surface area contributed by atoms with Gasteiger partial charge in [0.2, 0.25) is 0 Å². The first kappa shape index (κ1) is 15.1. The molecule has 0 aromatic heterocycles. The zero-order chi connectivity index (χ0) is 13.8. The Labute approximate surface area is 116 Å². The quantitative estimate of drug-likeness (QED) is 0.637. The third kappa shape index (κ3) is 3.53. The Kier molecular flexibility index (Phi) is 5.28. The highest BCUT2D eigenvalue weighted by Crippen LogP contribution is 2.28. The number of nitro benzene ring substituents is 1. The van der Waals surface area contributed by atoms with Crippen LogP contribution in [-0.4, -0.2) is 10.5 Å². The molecule has 100 valence electrons. The van der Waals surface area contributed by atoms with Crippen LogP contribution in [0.3, 0.4) is 0 Å². The van der Waals surface area contributed by atoms with E-state index >= 15 is 0 Å². The second-order valence-electron chi connectivity index (χ2n) is 4.63. The van der Waals surface area contributed by atoms with Gasteiger partial charge in [0.25, 0.3) is 5.69 Å². The molecule has 1 aromatic carbocycles. The first-order chi connectivity index (χ1) is 8.43. The fraction of sp³-hybridized carbons (Fsp3) is 0.538. The van der Waals surface area contributed by atoms with E-state index in [0.29, 0.717) is 11.0 Å². The van der Waals surface area contributed by atoms with Crippen LogP contribution in [0.5, 0.6) is 0 Å². The third-order valence-corrected chi connectivity index (χ3v) is 4.44. The van der Waals surface area contributed by atoms with Crippen LogP contribution in [0.2, 0.25) is 0 Å². The highest BCUT2D eigenvalue weighted by atomic mass is 79.9. The molecule has 0 radical (unpaired) electrons. The van der Waals surface area contributed by atoms with E-state index in [0.717, 1.165) is 18.4 Å². The molecular weight excluding hydrogens is 296 g/mol. The minimum absolute atomic E-state index is 0.0735. The van der Waals surface area contributed by atoms with Gasteiger partial charge in [-0.25, -0.2) is 0 Å². The molecule has 0 saturated heterocycles. The molecule has 0 atom stereocenters. The van der Waals surface area contributed by atoms with Gasteiger partial charge in [-0.1, -0.05) is 26.0 Å². The van der Waals surface area contributed by atoms with Gasteiger partial charge in [0.05, 0.1) is 9.40 Å². The largest absolute Gasteiger partial charge is 0.307 e. The maximum atomic E-state index is 10.8. The number of hydrogen-bond acceptors (Lipinski definition) is 3. The lowest BCUT2D eigenvalue weighted by atomic mass is 9.95. The lowest BCUT2D eigenvalue weighted by Gasteiger charge is -2.28. The third-order valence-electron chi connectivity index (χ3n) is 3.52. The standard InChI is InChI=1S/C13H19BrN2O2/c1-4-13(3,5-2)15-9-10-7-6-8-11(12(10)14)16(17)18/h6-8,15H,4-5,9H2,1-3H3. The van der Waals surface area contributed by atoms with Gasteiger partial charge in [-0.2, -0.15) is 0 Å². The molecule has 18 heavy (non-hydrogen) atoms. The molecule has 1 N–H and O–H groups in total. The zero-order valence-corrected chi connectivity index (χ0v) is 12.6. The molecule has 0 saturated carbocycles. The van der Waals surface area contributed by atoms with Crippen LogP contribution in [0.15, 0.2) is 22.7 Å². The Balaban J connectivity index is 2.86. The fourth-order valence-electron chi connectivity index (χ4n) is 1.65. The second-order valence-corrected chi connectivity index (χ2v) is 5.42. The van der Waals surface area contributed by atoms with Crippen LogP contribution in [-0.2, 0) is 6.54 Å². The average Bonchev–Trinajstić information content (AvgIpc) is 2.37. The topological polar surface area (TPSA) is 55.2 Å². The van der Waals surface area contributed by atoms with Gasteiger partial charge >= 0.3 is 0 Å². The Morgan fingerprint density at radius 1 is 1.39 bits per heavy atom. The molecule has 4 nitrogen and oxygen atoms in total. The van der Waals surface area contributed by atoms with E-state index in [-0.39, 0.29) is 16.1 Å². The summed E-state index contributed by atoms with van der Waals surface area (Å²) < 4.78 is 0.567. The molecule has 0 fully saturated rings. The van der Waals surface area contributed by atoms with E-state index in [2.05, 4.69) is 42.0 Å². The molecule has 1 rings (SSSR count). The number of halogens is 1. The van der Waals surface area contributed by atoms with Gasteiger partial charge in [-0.05, 0) is 41.3 Å². The SMILES string of the molecule is CCC(C)(CC)NCc1cccc([N+](=O)[O-])c1Br. The lowest BCUT2D eigenvalue weighted by molar-refractivity contribution is -0.385. The number of hydrogen-bond donors (Lipinski definition) is 1. The van der Waals surface area contributed by atoms with Crippen molar-refractivity contribution < 1.29 is 4.92 Å². The second kappa shape index (κ2) is 6.29. The predicted molar refractivity (Wildman–Crippen MR) is 76.6 cm³/mol. The number of nitro groups is 1. The molecule has 0 bridgehead atoms. The molecule has 0 unspecified atom stereocenters. The van der Waals surface area contributed by atoms with Crippen molar-refractivity contribution in [1.29, 1.82) is 0 Å². The summed E-state index contributed by atoms with van der Waals surface area (Å²) in [7, 11) is 0. The summed E-state index contributed by atoms with van der Waals surface area (Å²) >= 11 is 3.31. The van der Waals surface area contributed by atoms with Crippen LogP contribution >= 0.6 is 15.9 Å². The van der Waals surface area contributed by atoms with E-state index in [1.165, 1.54) is 6.07 Å². The van der Waals surface area contributed by atoms with E-state index in [9.17, 15) is 10.1 Å². The summed E-state index contributed by atoms with van der Waals surface area (Å²) in [4.78, 5) is 10.5. The molecule has 5 heteroatoms. The maximum Gasteiger partial charge on any atom is 0.283 e. The van der Waals surface area contributed by atoms with E-state index in [4.69, 9.17) is 0 Å².